The van der Waals surface area contributed by atoms with Crippen LogP contribution >= 0.6 is 0 Å². The van der Waals surface area contributed by atoms with Crippen LogP contribution in [0.3, 0.4) is 0 Å². The molecule has 4 amide bonds. The van der Waals surface area contributed by atoms with Gasteiger partial charge in [0.05, 0.1) is 0 Å². The van der Waals surface area contributed by atoms with Crippen LogP contribution < -0.4 is 5.32 Å². The van der Waals surface area contributed by atoms with Crippen molar-refractivity contribution in [3.63, 3.8) is 0 Å². The summed E-state index contributed by atoms with van der Waals surface area (Å²) in [5, 5.41) is 2.93. The molecule has 0 unspecified atom stereocenters. The standard InChI is InChI=1S/C17H30N4O3/c1-2-3-8-18-17(24)21-11-5-10-20(13-14-21)16(23)7-12-19-9-4-6-15(19)22/h2-14H2,1H3,(H,18,24). The molecular formula is C17H30N4O3. The highest BCUT2D eigenvalue weighted by atomic mass is 16.2. The van der Waals surface area contributed by atoms with E-state index in [-0.39, 0.29) is 17.8 Å². The Labute approximate surface area is 144 Å². The Morgan fingerprint density at radius 2 is 1.79 bits per heavy atom. The van der Waals surface area contributed by atoms with E-state index in [2.05, 4.69) is 12.2 Å². The molecule has 0 spiro atoms. The van der Waals surface area contributed by atoms with Crippen molar-refractivity contribution < 1.29 is 14.4 Å². The quantitative estimate of drug-likeness (QED) is 0.736. The number of urea groups is 1. The van der Waals surface area contributed by atoms with Crippen molar-refractivity contribution in [1.82, 2.24) is 20.0 Å². The van der Waals surface area contributed by atoms with Crippen molar-refractivity contribution in [3.05, 3.63) is 0 Å². The highest BCUT2D eigenvalue weighted by Crippen LogP contribution is 2.11. The lowest BCUT2D eigenvalue weighted by Gasteiger charge is -2.23. The van der Waals surface area contributed by atoms with Crippen LogP contribution in [0.15, 0.2) is 0 Å². The van der Waals surface area contributed by atoms with E-state index in [0.717, 1.165) is 32.2 Å². The second-order valence-corrected chi connectivity index (χ2v) is 6.54. The minimum absolute atomic E-state index is 0.0274. The van der Waals surface area contributed by atoms with Gasteiger partial charge in [0.15, 0.2) is 0 Å². The Bertz CT molecular complexity index is 455. The highest BCUT2D eigenvalue weighted by Gasteiger charge is 2.24. The molecule has 0 aromatic heterocycles. The molecule has 7 nitrogen and oxygen atoms in total. The fourth-order valence-electron chi connectivity index (χ4n) is 3.18. The Kier molecular flexibility index (Phi) is 7.34. The van der Waals surface area contributed by atoms with Gasteiger partial charge in [0.2, 0.25) is 11.8 Å². The summed E-state index contributed by atoms with van der Waals surface area (Å²) < 4.78 is 0. The van der Waals surface area contributed by atoms with Gasteiger partial charge in [-0.15, -0.1) is 0 Å². The first-order valence-corrected chi connectivity index (χ1v) is 9.20. The molecule has 136 valence electrons. The molecule has 0 aromatic carbocycles. The molecule has 2 aliphatic heterocycles. The van der Waals surface area contributed by atoms with Crippen molar-refractivity contribution in [2.24, 2.45) is 0 Å². The monoisotopic (exact) mass is 338 g/mol. The van der Waals surface area contributed by atoms with Gasteiger partial charge in [0, 0.05) is 58.7 Å². The van der Waals surface area contributed by atoms with Gasteiger partial charge in [0.1, 0.15) is 0 Å². The number of rotatable bonds is 6. The minimum atomic E-state index is -0.0274. The molecule has 2 saturated heterocycles. The van der Waals surface area contributed by atoms with Gasteiger partial charge in [-0.3, -0.25) is 9.59 Å². The molecule has 0 aliphatic carbocycles. The number of unbranched alkanes of at least 4 members (excludes halogenated alkanes) is 1. The van der Waals surface area contributed by atoms with Crippen LogP contribution in [0.2, 0.25) is 0 Å². The van der Waals surface area contributed by atoms with E-state index in [0.29, 0.717) is 52.1 Å². The first-order chi connectivity index (χ1) is 11.6. The van der Waals surface area contributed by atoms with E-state index in [1.807, 2.05) is 4.90 Å². The van der Waals surface area contributed by atoms with E-state index in [1.54, 1.807) is 9.80 Å². The van der Waals surface area contributed by atoms with E-state index in [4.69, 9.17) is 0 Å². The number of likely N-dealkylation sites (tertiary alicyclic amines) is 1. The molecule has 24 heavy (non-hydrogen) atoms. The third-order valence-corrected chi connectivity index (χ3v) is 4.71. The van der Waals surface area contributed by atoms with E-state index < -0.39 is 0 Å². The first-order valence-electron chi connectivity index (χ1n) is 9.20. The van der Waals surface area contributed by atoms with Crippen molar-refractivity contribution in [2.75, 3.05) is 45.8 Å². The Morgan fingerprint density at radius 3 is 2.50 bits per heavy atom. The fraction of sp³-hybridized carbons (Fsp3) is 0.824. The smallest absolute Gasteiger partial charge is 0.317 e. The van der Waals surface area contributed by atoms with Crippen molar-refractivity contribution in [3.8, 4) is 0 Å². The van der Waals surface area contributed by atoms with E-state index in [9.17, 15) is 14.4 Å². The number of carbonyl (C=O) groups is 3. The molecule has 2 aliphatic rings. The molecule has 2 fully saturated rings. The number of hydrogen-bond acceptors (Lipinski definition) is 3. The number of nitrogens with zero attached hydrogens (tertiary/aromatic N) is 3. The summed E-state index contributed by atoms with van der Waals surface area (Å²) in [5.41, 5.74) is 0. The summed E-state index contributed by atoms with van der Waals surface area (Å²) in [6.45, 7) is 6.63. The van der Waals surface area contributed by atoms with Gasteiger partial charge in [0.25, 0.3) is 0 Å². The largest absolute Gasteiger partial charge is 0.342 e. The summed E-state index contributed by atoms with van der Waals surface area (Å²) in [5.74, 6) is 0.247. The molecular weight excluding hydrogens is 308 g/mol. The normalized spacial score (nSPS) is 18.7. The SMILES string of the molecule is CCCCNC(=O)N1CCCN(C(=O)CCN2CCCC2=O)CC1. The first kappa shape index (κ1) is 18.5. The van der Waals surface area contributed by atoms with Crippen LogP contribution in [0, 0.1) is 0 Å². The van der Waals surface area contributed by atoms with Crippen LogP contribution in [0.4, 0.5) is 4.79 Å². The molecule has 7 heteroatoms. The van der Waals surface area contributed by atoms with Crippen LogP contribution in [0.1, 0.15) is 45.4 Å². The predicted molar refractivity (Wildman–Crippen MR) is 91.5 cm³/mol. The second-order valence-electron chi connectivity index (χ2n) is 6.54. The average Bonchev–Trinajstić information content (AvgIpc) is 2.84. The van der Waals surface area contributed by atoms with Crippen LogP contribution in [0.25, 0.3) is 0 Å². The number of hydrogen-bond donors (Lipinski definition) is 1. The van der Waals surface area contributed by atoms with Gasteiger partial charge in [-0.1, -0.05) is 13.3 Å². The lowest BCUT2D eigenvalue weighted by Crippen LogP contribution is -2.43. The molecule has 0 aromatic rings. The maximum atomic E-state index is 12.4. The number of amides is 4. The minimum Gasteiger partial charge on any atom is -0.342 e. The predicted octanol–water partition coefficient (Wildman–Crippen LogP) is 1.04. The van der Waals surface area contributed by atoms with Crippen LogP contribution in [0.5, 0.6) is 0 Å². The summed E-state index contributed by atoms with van der Waals surface area (Å²) in [7, 11) is 0. The second kappa shape index (κ2) is 9.49. The third-order valence-electron chi connectivity index (χ3n) is 4.71. The lowest BCUT2D eigenvalue weighted by atomic mass is 10.3. The topological polar surface area (TPSA) is 73.0 Å². The van der Waals surface area contributed by atoms with Crippen LogP contribution in [-0.4, -0.2) is 78.4 Å². The zero-order valence-corrected chi connectivity index (χ0v) is 14.8. The van der Waals surface area contributed by atoms with Gasteiger partial charge in [-0.25, -0.2) is 4.79 Å². The fourth-order valence-corrected chi connectivity index (χ4v) is 3.18. The van der Waals surface area contributed by atoms with Crippen molar-refractivity contribution >= 4 is 17.8 Å². The molecule has 2 heterocycles. The zero-order valence-electron chi connectivity index (χ0n) is 14.8. The molecule has 0 bridgehead atoms. The van der Waals surface area contributed by atoms with Crippen molar-refractivity contribution in [2.45, 2.75) is 45.4 Å². The molecule has 0 atom stereocenters. The summed E-state index contributed by atoms with van der Waals surface area (Å²) in [4.78, 5) is 41.5. The average molecular weight is 338 g/mol. The summed E-state index contributed by atoms with van der Waals surface area (Å²) >= 11 is 0. The van der Waals surface area contributed by atoms with E-state index in [1.165, 1.54) is 0 Å². The van der Waals surface area contributed by atoms with Gasteiger partial charge < -0.3 is 20.0 Å². The third kappa shape index (κ3) is 5.39. The summed E-state index contributed by atoms with van der Waals surface area (Å²) in [6, 6.07) is -0.0274. The lowest BCUT2D eigenvalue weighted by molar-refractivity contribution is -0.132. The Balaban J connectivity index is 1.72. The molecule has 0 radical (unpaired) electrons. The molecule has 2 rings (SSSR count). The molecule has 0 saturated carbocycles. The van der Waals surface area contributed by atoms with Gasteiger partial charge in [-0.2, -0.15) is 0 Å². The maximum Gasteiger partial charge on any atom is 0.317 e. The van der Waals surface area contributed by atoms with Crippen LogP contribution in [-0.2, 0) is 9.59 Å². The van der Waals surface area contributed by atoms with Gasteiger partial charge in [-0.05, 0) is 19.3 Å². The van der Waals surface area contributed by atoms with E-state index >= 15 is 0 Å². The highest BCUT2D eigenvalue weighted by molar-refractivity contribution is 5.80. The molecule has 1 N–H and O–H groups in total. The summed E-state index contributed by atoms with van der Waals surface area (Å²) in [6.07, 6.45) is 4.74. The number of carbonyl (C=O) groups excluding carboxylic acids is 3. The maximum absolute atomic E-state index is 12.4. The van der Waals surface area contributed by atoms with Gasteiger partial charge >= 0.3 is 6.03 Å². The number of nitrogens with one attached hydrogen (secondary N) is 1. The Morgan fingerprint density at radius 1 is 1.04 bits per heavy atom. The Hall–Kier alpha value is -1.79. The van der Waals surface area contributed by atoms with Crippen molar-refractivity contribution in [1.29, 1.82) is 0 Å². The zero-order chi connectivity index (χ0) is 17.4.